The van der Waals surface area contributed by atoms with Crippen LogP contribution in [0.5, 0.6) is 0 Å². The number of hydrogen-bond acceptors (Lipinski definition) is 5. The van der Waals surface area contributed by atoms with Gasteiger partial charge in [-0.25, -0.2) is 14.8 Å². The van der Waals surface area contributed by atoms with Gasteiger partial charge in [-0.3, -0.25) is 0 Å². The normalized spacial score (nSPS) is 17.7. The molecule has 9 aromatic rings. The van der Waals surface area contributed by atoms with Gasteiger partial charge in [0.25, 0.3) is 0 Å². The van der Waals surface area contributed by atoms with E-state index in [9.17, 15) is 5.26 Å². The first-order chi connectivity index (χ1) is 36.6. The topological polar surface area (TPSA) is 78.0 Å². The molecule has 2 N–H and O–H groups in total. The van der Waals surface area contributed by atoms with E-state index in [-0.39, 0.29) is 5.92 Å². The Balaban J connectivity index is 1.03. The summed E-state index contributed by atoms with van der Waals surface area (Å²) in [7, 11) is 0. The van der Waals surface area contributed by atoms with Gasteiger partial charge in [-0.05, 0) is 92.6 Å². The van der Waals surface area contributed by atoms with E-state index in [1.807, 2.05) is 48.5 Å². The zero-order valence-electron chi connectivity index (χ0n) is 40.5. The predicted octanol–water partition coefficient (Wildman–Crippen LogP) is 15.4. The van der Waals surface area contributed by atoms with E-state index in [4.69, 9.17) is 16.5 Å². The molecule has 6 heteroatoms. The first-order valence-electron chi connectivity index (χ1n) is 25.4. The van der Waals surface area contributed by atoms with Gasteiger partial charge in [-0.1, -0.05) is 212 Å². The molecule has 350 valence electrons. The maximum Gasteiger partial charge on any atom is 0.200 e. The highest BCUT2D eigenvalue weighted by Crippen LogP contribution is 2.54. The molecule has 2 aromatic heterocycles. The molecule has 0 saturated heterocycles. The molecule has 3 atom stereocenters. The zero-order chi connectivity index (χ0) is 49.5. The molecule has 74 heavy (non-hydrogen) atoms. The highest BCUT2D eigenvalue weighted by Gasteiger charge is 2.42. The van der Waals surface area contributed by atoms with E-state index >= 15 is 0 Å². The van der Waals surface area contributed by atoms with Crippen LogP contribution in [0.15, 0.2) is 247 Å². The monoisotopic (exact) mass is 948 g/mol. The number of rotatable bonds is 8. The van der Waals surface area contributed by atoms with Crippen molar-refractivity contribution in [2.75, 3.05) is 0 Å². The highest BCUT2D eigenvalue weighted by atomic mass is 15.0. The predicted molar refractivity (Wildman–Crippen MR) is 297 cm³/mol. The average Bonchev–Trinajstić information content (AvgIpc) is 3.53. The van der Waals surface area contributed by atoms with Crippen LogP contribution < -0.4 is 10.6 Å². The van der Waals surface area contributed by atoms with Crippen LogP contribution >= 0.6 is 0 Å². The molecule has 0 radical (unpaired) electrons. The van der Waals surface area contributed by atoms with Crippen LogP contribution in [-0.4, -0.2) is 9.97 Å². The molecule has 0 amide bonds. The Hall–Kier alpha value is -9.62. The van der Waals surface area contributed by atoms with Gasteiger partial charge < -0.3 is 10.6 Å². The number of pyridine rings is 2. The van der Waals surface area contributed by atoms with Gasteiger partial charge in [0.2, 0.25) is 0 Å². The number of nitriles is 1. The van der Waals surface area contributed by atoms with Crippen LogP contribution in [0.25, 0.3) is 61.3 Å². The second-order valence-electron chi connectivity index (χ2n) is 19.4. The van der Waals surface area contributed by atoms with E-state index in [1.54, 1.807) is 0 Å². The van der Waals surface area contributed by atoms with Gasteiger partial charge in [-0.2, -0.15) is 5.26 Å². The fourth-order valence-corrected chi connectivity index (χ4v) is 11.9. The Morgan fingerprint density at radius 1 is 0.459 bits per heavy atom. The first kappa shape index (κ1) is 44.3. The molecule has 4 aliphatic rings. The van der Waals surface area contributed by atoms with Crippen molar-refractivity contribution >= 4 is 22.8 Å². The number of allylic oxidation sites excluding steroid dienone is 3. The summed E-state index contributed by atoms with van der Waals surface area (Å²) in [5.41, 5.74) is 22.4. The minimum absolute atomic E-state index is 0.00457. The van der Waals surface area contributed by atoms with Crippen molar-refractivity contribution in [3.63, 3.8) is 0 Å². The molecule has 4 heterocycles. The molecule has 0 bridgehead atoms. The molecule has 0 spiro atoms. The van der Waals surface area contributed by atoms with Crippen molar-refractivity contribution in [3.05, 3.63) is 309 Å². The lowest BCUT2D eigenvalue weighted by Gasteiger charge is -2.39. The summed E-state index contributed by atoms with van der Waals surface area (Å²) in [6.45, 7) is 9.07. The Bertz CT molecular complexity index is 3860. The van der Waals surface area contributed by atoms with E-state index in [0.29, 0.717) is 17.7 Å². The number of aromatic nitrogens is 2. The summed E-state index contributed by atoms with van der Waals surface area (Å²) in [5, 5.41) is 19.3. The van der Waals surface area contributed by atoms with Crippen molar-refractivity contribution in [1.29, 1.82) is 5.26 Å². The smallest absolute Gasteiger partial charge is 0.200 e. The molecule has 13 rings (SSSR count). The second-order valence-corrected chi connectivity index (χ2v) is 19.4. The van der Waals surface area contributed by atoms with E-state index in [2.05, 4.69) is 197 Å². The minimum atomic E-state index is -0.422. The standard InChI is InChI=1S/C68H48N6/c1-70-68-61(56-40-54(43-21-8-2-9-22-43)52-37-38-58(45-25-12-4-13-26-45)71-65(52)67(56)74-63(68)48-31-18-7-19-32-48)50-34-20-33-49(39-50)60-53-36-35-51-55(44-23-10-3-11-24-44)41-59(46-27-14-5-15-28-46)72-64(51)66(53)73-62(57(60)42-69)47-29-16-6-17-30-47/h2-34,37-39,41,54,60-61,73-74H,35-36,40H2. The van der Waals surface area contributed by atoms with Gasteiger partial charge in [0.1, 0.15) is 0 Å². The number of dihydropyridines is 2. The molecule has 6 nitrogen and oxygen atoms in total. The van der Waals surface area contributed by atoms with Gasteiger partial charge in [-0.15, -0.1) is 0 Å². The molecule has 3 unspecified atom stereocenters. The number of fused-ring (bicyclic) bond motifs is 4. The van der Waals surface area contributed by atoms with Crippen LogP contribution in [0.2, 0.25) is 0 Å². The fraction of sp³-hybridized carbons (Fsp3) is 0.0882. The number of nitrogens with zero attached hydrogens (tertiary/aromatic N) is 4. The maximum absolute atomic E-state index is 11.5. The summed E-state index contributed by atoms with van der Waals surface area (Å²) in [6.07, 6.45) is 2.16. The van der Waals surface area contributed by atoms with Gasteiger partial charge in [0.15, 0.2) is 5.70 Å². The molecular formula is C68H48N6. The SMILES string of the molecule is [C-]#[N+]C1=C(c2ccccc2)NC2=C(CC(c3ccccc3)c3ccc(-c4ccccc4)nc32)C1c1cccc(C2C(C#N)=C(c3ccccc3)NC3=C2CCc2c(-c4ccccc4)cc(-c4ccccc4)nc23)c1. The van der Waals surface area contributed by atoms with Crippen molar-refractivity contribution in [1.82, 2.24) is 20.6 Å². The van der Waals surface area contributed by atoms with Gasteiger partial charge in [0, 0.05) is 34.6 Å². The molecule has 2 aliphatic carbocycles. The van der Waals surface area contributed by atoms with Crippen molar-refractivity contribution in [2.45, 2.75) is 37.0 Å². The highest BCUT2D eigenvalue weighted by molar-refractivity contribution is 5.92. The van der Waals surface area contributed by atoms with Crippen LogP contribution in [0.3, 0.4) is 0 Å². The quantitative estimate of drug-likeness (QED) is 0.148. The minimum Gasteiger partial charge on any atom is -0.363 e. The third-order valence-electron chi connectivity index (χ3n) is 15.3. The lowest BCUT2D eigenvalue weighted by atomic mass is 9.70. The first-order valence-corrected chi connectivity index (χ1v) is 25.4. The molecule has 2 aliphatic heterocycles. The Labute approximate surface area is 431 Å². The molecule has 0 fully saturated rings. The van der Waals surface area contributed by atoms with E-state index in [1.165, 1.54) is 11.1 Å². The van der Waals surface area contributed by atoms with Crippen LogP contribution in [0, 0.1) is 17.9 Å². The average molecular weight is 949 g/mol. The number of benzene rings is 7. The van der Waals surface area contributed by atoms with Crippen molar-refractivity contribution in [3.8, 4) is 39.7 Å². The van der Waals surface area contributed by atoms with Crippen LogP contribution in [0.4, 0.5) is 0 Å². The zero-order valence-corrected chi connectivity index (χ0v) is 40.5. The Morgan fingerprint density at radius 2 is 0.973 bits per heavy atom. The molecule has 7 aromatic carbocycles. The summed E-state index contributed by atoms with van der Waals surface area (Å²) in [5.74, 6) is -0.824. The largest absolute Gasteiger partial charge is 0.363 e. The van der Waals surface area contributed by atoms with E-state index in [0.717, 1.165) is 120 Å². The number of hydrogen-bond donors (Lipinski definition) is 2. The lowest BCUT2D eigenvalue weighted by molar-refractivity contribution is 0.706. The van der Waals surface area contributed by atoms with Crippen molar-refractivity contribution in [2.24, 2.45) is 0 Å². The number of nitrogens with one attached hydrogen (secondary N) is 2. The summed E-state index contributed by atoms with van der Waals surface area (Å²) >= 11 is 0. The Kier molecular flexibility index (Phi) is 11.3. The van der Waals surface area contributed by atoms with Crippen LogP contribution in [0.1, 0.15) is 80.9 Å². The molecular weight excluding hydrogens is 901 g/mol. The van der Waals surface area contributed by atoms with Gasteiger partial charge >= 0.3 is 0 Å². The summed E-state index contributed by atoms with van der Waals surface area (Å²) in [4.78, 5) is 15.6. The maximum atomic E-state index is 11.5. The Morgan fingerprint density at radius 3 is 1.59 bits per heavy atom. The summed E-state index contributed by atoms with van der Waals surface area (Å²) < 4.78 is 0. The van der Waals surface area contributed by atoms with Crippen molar-refractivity contribution < 1.29 is 0 Å². The van der Waals surface area contributed by atoms with Crippen LogP contribution in [-0.2, 0) is 6.42 Å². The third-order valence-corrected chi connectivity index (χ3v) is 15.3. The van der Waals surface area contributed by atoms with Gasteiger partial charge in [0.05, 0.1) is 58.1 Å². The fourth-order valence-electron chi connectivity index (χ4n) is 11.9. The second kappa shape index (κ2) is 18.9. The molecule has 0 saturated carbocycles. The third kappa shape index (κ3) is 7.73. The lowest BCUT2D eigenvalue weighted by Crippen LogP contribution is -2.30. The summed E-state index contributed by atoms with van der Waals surface area (Å²) in [6, 6.07) is 80.7. The van der Waals surface area contributed by atoms with E-state index < -0.39 is 11.8 Å².